The number of nitrogens with one attached hydrogen (secondary N) is 1. The van der Waals surface area contributed by atoms with Crippen molar-refractivity contribution in [3.63, 3.8) is 0 Å². The van der Waals surface area contributed by atoms with Crippen LogP contribution in [0.2, 0.25) is 0 Å². The zero-order valence-corrected chi connectivity index (χ0v) is 18.0. The molecule has 1 aromatic rings. The smallest absolute Gasteiger partial charge is 0.408 e. The quantitative estimate of drug-likeness (QED) is 0.690. The number of amides is 1. The Hall–Kier alpha value is -2.31. The van der Waals surface area contributed by atoms with Crippen molar-refractivity contribution in [2.45, 2.75) is 72.1 Å². The molecule has 7 heteroatoms. The molecule has 0 saturated carbocycles. The largest absolute Gasteiger partial charge is 0.496 e. The molecule has 0 fully saturated rings. The first-order valence-electron chi connectivity index (χ1n) is 9.39. The van der Waals surface area contributed by atoms with E-state index in [9.17, 15) is 14.0 Å². The highest BCUT2D eigenvalue weighted by Gasteiger charge is 2.30. The monoisotopic (exact) mass is 397 g/mol. The summed E-state index contributed by atoms with van der Waals surface area (Å²) in [5.41, 5.74) is 0.0926. The molecular formula is C21H32FNO5. The van der Waals surface area contributed by atoms with Crippen LogP contribution in [0.25, 0.3) is 0 Å². The van der Waals surface area contributed by atoms with E-state index in [-0.39, 0.29) is 11.8 Å². The van der Waals surface area contributed by atoms with Gasteiger partial charge in [0.1, 0.15) is 29.3 Å². The summed E-state index contributed by atoms with van der Waals surface area (Å²) in [5, 5.41) is 2.47. The number of hydrogen-bond donors (Lipinski definition) is 1. The number of carbonyl (C=O) groups excluding carboxylic acids is 2. The Balaban J connectivity index is 2.88. The fourth-order valence-electron chi connectivity index (χ4n) is 3.02. The van der Waals surface area contributed by atoms with Crippen LogP contribution in [0.15, 0.2) is 18.2 Å². The molecule has 0 aliphatic carbocycles. The minimum atomic E-state index is -0.875. The van der Waals surface area contributed by atoms with Gasteiger partial charge < -0.3 is 19.5 Å². The van der Waals surface area contributed by atoms with Gasteiger partial charge in [0, 0.05) is 17.5 Å². The second-order valence-electron chi connectivity index (χ2n) is 8.17. The summed E-state index contributed by atoms with van der Waals surface area (Å²) in [4.78, 5) is 24.3. The van der Waals surface area contributed by atoms with Crippen LogP contribution < -0.4 is 10.1 Å². The van der Waals surface area contributed by atoms with Crippen LogP contribution in [0.1, 0.15) is 59.9 Å². The minimum absolute atomic E-state index is 0.0938. The van der Waals surface area contributed by atoms with E-state index in [2.05, 4.69) is 5.32 Å². The third-order valence-corrected chi connectivity index (χ3v) is 4.17. The molecule has 1 aromatic carbocycles. The topological polar surface area (TPSA) is 73.9 Å². The second kappa shape index (κ2) is 9.75. The fourth-order valence-corrected chi connectivity index (χ4v) is 3.02. The molecule has 28 heavy (non-hydrogen) atoms. The fraction of sp³-hybridized carbons (Fsp3) is 0.619. The van der Waals surface area contributed by atoms with Crippen LogP contribution >= 0.6 is 0 Å². The lowest BCUT2D eigenvalue weighted by Gasteiger charge is -2.30. The number of alkyl carbamates (subject to hydrolysis) is 1. The average molecular weight is 397 g/mol. The normalized spacial score (nSPS) is 14.8. The van der Waals surface area contributed by atoms with E-state index in [0.717, 1.165) is 5.56 Å². The van der Waals surface area contributed by atoms with Crippen LogP contribution in [-0.4, -0.2) is 36.9 Å². The zero-order valence-electron chi connectivity index (χ0n) is 18.0. The Kier molecular flexibility index (Phi) is 8.27. The molecule has 1 amide bonds. The van der Waals surface area contributed by atoms with Gasteiger partial charge in [0.2, 0.25) is 0 Å². The third-order valence-electron chi connectivity index (χ3n) is 4.17. The first-order chi connectivity index (χ1) is 12.9. The molecule has 0 bridgehead atoms. The van der Waals surface area contributed by atoms with Crippen molar-refractivity contribution in [2.24, 2.45) is 5.92 Å². The van der Waals surface area contributed by atoms with E-state index in [1.54, 1.807) is 33.8 Å². The lowest BCUT2D eigenvalue weighted by molar-refractivity contribution is -0.152. The molecule has 0 saturated heterocycles. The lowest BCUT2D eigenvalue weighted by atomic mass is 9.84. The highest BCUT2D eigenvalue weighted by molar-refractivity contribution is 5.81. The Morgan fingerprint density at radius 1 is 1.11 bits per heavy atom. The summed E-state index contributed by atoms with van der Waals surface area (Å²) >= 11 is 0. The van der Waals surface area contributed by atoms with E-state index >= 15 is 0 Å². The maximum Gasteiger partial charge on any atom is 0.408 e. The zero-order chi connectivity index (χ0) is 21.6. The van der Waals surface area contributed by atoms with E-state index < -0.39 is 35.6 Å². The molecule has 0 aliphatic heterocycles. The highest BCUT2D eigenvalue weighted by Crippen LogP contribution is 2.36. The van der Waals surface area contributed by atoms with Gasteiger partial charge in [0.25, 0.3) is 0 Å². The van der Waals surface area contributed by atoms with E-state index in [1.165, 1.54) is 26.2 Å². The summed E-state index contributed by atoms with van der Waals surface area (Å²) in [6.45, 7) is 12.5. The Morgan fingerprint density at radius 3 is 2.21 bits per heavy atom. The Morgan fingerprint density at radius 2 is 1.71 bits per heavy atom. The van der Waals surface area contributed by atoms with Crippen molar-refractivity contribution >= 4 is 12.1 Å². The number of benzene rings is 1. The number of hydrogen-bond acceptors (Lipinski definition) is 5. The molecule has 3 atom stereocenters. The molecule has 0 aromatic heterocycles. The number of ether oxygens (including phenoxy) is 3. The van der Waals surface area contributed by atoms with Gasteiger partial charge in [-0.2, -0.15) is 0 Å². The Bertz CT molecular complexity index is 684. The molecule has 0 spiro atoms. The predicted octanol–water partition coefficient (Wildman–Crippen LogP) is 4.42. The molecule has 1 rings (SSSR count). The van der Waals surface area contributed by atoms with Gasteiger partial charge in [-0.15, -0.1) is 0 Å². The predicted molar refractivity (Wildman–Crippen MR) is 105 cm³/mol. The van der Waals surface area contributed by atoms with E-state index in [0.29, 0.717) is 5.75 Å². The molecule has 1 N–H and O–H groups in total. The van der Waals surface area contributed by atoms with Gasteiger partial charge in [-0.1, -0.05) is 19.9 Å². The van der Waals surface area contributed by atoms with Crippen LogP contribution in [0.3, 0.4) is 0 Å². The van der Waals surface area contributed by atoms with Crippen molar-refractivity contribution in [3.05, 3.63) is 29.6 Å². The second-order valence-corrected chi connectivity index (χ2v) is 8.17. The van der Waals surface area contributed by atoms with Crippen molar-refractivity contribution in [1.82, 2.24) is 5.32 Å². The van der Waals surface area contributed by atoms with Crippen molar-refractivity contribution in [2.75, 3.05) is 7.11 Å². The van der Waals surface area contributed by atoms with E-state index in [1.807, 2.05) is 13.8 Å². The number of rotatable bonds is 7. The van der Waals surface area contributed by atoms with Crippen LogP contribution in [-0.2, 0) is 14.3 Å². The molecule has 6 nitrogen and oxygen atoms in total. The van der Waals surface area contributed by atoms with Crippen molar-refractivity contribution in [3.8, 4) is 5.75 Å². The molecule has 0 heterocycles. The van der Waals surface area contributed by atoms with Gasteiger partial charge in [-0.3, -0.25) is 0 Å². The van der Waals surface area contributed by atoms with Gasteiger partial charge in [-0.05, 0) is 46.6 Å². The van der Waals surface area contributed by atoms with E-state index in [4.69, 9.17) is 14.2 Å². The maximum atomic E-state index is 13.5. The number of carbonyl (C=O) groups is 2. The van der Waals surface area contributed by atoms with Crippen LogP contribution in [0, 0.1) is 11.7 Å². The van der Waals surface area contributed by atoms with Crippen molar-refractivity contribution < 1.29 is 28.2 Å². The summed E-state index contributed by atoms with van der Waals surface area (Å²) in [6.07, 6.45) is -1.21. The lowest BCUT2D eigenvalue weighted by Crippen LogP contribution is -2.43. The van der Waals surface area contributed by atoms with Crippen LogP contribution in [0.4, 0.5) is 9.18 Å². The first kappa shape index (κ1) is 23.7. The standard InChI is InChI=1S/C21H32FNO5/c1-12(2)18(16-10-9-15(22)11-17(16)26-8)14(4)27-19(24)13(3)23-20(25)28-21(5,6)7/h9-14,18H,1-8H3,(H,23,25)/t13-,14-,18-/m0/s1. The SMILES string of the molecule is COc1cc(F)ccc1[C@@H](C(C)C)[C@H](C)OC(=O)[C@H](C)NC(=O)OC(C)(C)C. The molecule has 0 unspecified atom stereocenters. The summed E-state index contributed by atoms with van der Waals surface area (Å²) in [6, 6.07) is 3.44. The molecule has 158 valence electrons. The summed E-state index contributed by atoms with van der Waals surface area (Å²) in [5.74, 6) is -0.695. The molecule has 0 aliphatic rings. The number of methoxy groups -OCH3 is 1. The first-order valence-corrected chi connectivity index (χ1v) is 9.39. The van der Waals surface area contributed by atoms with Gasteiger partial charge in [0.05, 0.1) is 7.11 Å². The Labute approximate surface area is 166 Å². The maximum absolute atomic E-state index is 13.5. The van der Waals surface area contributed by atoms with Gasteiger partial charge in [0.15, 0.2) is 0 Å². The molecule has 0 radical (unpaired) electrons. The molecular weight excluding hydrogens is 365 g/mol. The van der Waals surface area contributed by atoms with Gasteiger partial charge >= 0.3 is 12.1 Å². The number of esters is 1. The van der Waals surface area contributed by atoms with Gasteiger partial charge in [-0.25, -0.2) is 14.0 Å². The average Bonchev–Trinajstić information content (AvgIpc) is 2.53. The highest BCUT2D eigenvalue weighted by atomic mass is 19.1. The van der Waals surface area contributed by atoms with Crippen LogP contribution in [0.5, 0.6) is 5.75 Å². The third kappa shape index (κ3) is 7.02. The summed E-state index contributed by atoms with van der Waals surface area (Å²) < 4.78 is 29.6. The number of halogens is 1. The minimum Gasteiger partial charge on any atom is -0.496 e. The van der Waals surface area contributed by atoms with Crippen molar-refractivity contribution in [1.29, 1.82) is 0 Å². The summed E-state index contributed by atoms with van der Waals surface area (Å²) in [7, 11) is 1.47.